The number of sulfonamides is 1. The topological polar surface area (TPSA) is 65.0 Å². The Hall–Kier alpha value is -2.45. The van der Waals surface area contributed by atoms with Crippen LogP contribution in [0.1, 0.15) is 65.1 Å². The minimum atomic E-state index is -3.66. The van der Waals surface area contributed by atoms with Crippen LogP contribution in [-0.4, -0.2) is 56.1 Å². The minimum Gasteiger partial charge on any atom is -0.369 e. The molecule has 2 aliphatic rings. The van der Waals surface area contributed by atoms with Crippen LogP contribution in [0.5, 0.6) is 0 Å². The van der Waals surface area contributed by atoms with Gasteiger partial charge in [0.05, 0.1) is 11.3 Å². The average molecular weight is 529 g/mol. The third kappa shape index (κ3) is 6.34. The lowest BCUT2D eigenvalue weighted by atomic mass is 9.81. The summed E-state index contributed by atoms with van der Waals surface area (Å²) in [5, 5.41) is -0.594. The van der Waals surface area contributed by atoms with Crippen molar-refractivity contribution in [1.29, 1.82) is 0 Å². The summed E-state index contributed by atoms with van der Waals surface area (Å²) in [6, 6.07) is 14.3. The monoisotopic (exact) mass is 528 g/mol. The van der Waals surface area contributed by atoms with Crippen molar-refractivity contribution < 1.29 is 12.8 Å². The number of aliphatic imine (C=N–C) groups is 1. The van der Waals surface area contributed by atoms with Crippen LogP contribution in [0.25, 0.3) is 0 Å². The van der Waals surface area contributed by atoms with Crippen LogP contribution >= 0.6 is 0 Å². The molecule has 0 aliphatic carbocycles. The molecule has 2 aromatic rings. The van der Waals surface area contributed by atoms with E-state index in [1.807, 2.05) is 13.8 Å². The van der Waals surface area contributed by atoms with E-state index in [1.54, 1.807) is 25.1 Å². The molecule has 0 saturated carbocycles. The first kappa shape index (κ1) is 27.6. The van der Waals surface area contributed by atoms with E-state index in [0.29, 0.717) is 24.2 Å². The first-order valence-electron chi connectivity index (χ1n) is 13.2. The van der Waals surface area contributed by atoms with Crippen LogP contribution in [0, 0.1) is 11.2 Å². The van der Waals surface area contributed by atoms with Crippen molar-refractivity contribution in [2.24, 2.45) is 10.4 Å². The number of nitrogens with zero attached hydrogens (tertiary/aromatic N) is 3. The third-order valence-electron chi connectivity index (χ3n) is 7.79. The molecule has 2 atom stereocenters. The largest absolute Gasteiger partial charge is 0.369 e. The van der Waals surface area contributed by atoms with Gasteiger partial charge < -0.3 is 4.90 Å². The Balaban J connectivity index is 1.44. The van der Waals surface area contributed by atoms with Crippen molar-refractivity contribution in [2.75, 3.05) is 31.1 Å². The average Bonchev–Trinajstić information content (AvgIpc) is 2.81. The number of hydrogen-bond donors (Lipinski definition) is 1. The molecule has 2 aliphatic heterocycles. The molecule has 8 heteroatoms. The van der Waals surface area contributed by atoms with E-state index in [9.17, 15) is 12.8 Å². The van der Waals surface area contributed by atoms with Crippen LogP contribution in [-0.2, 0) is 16.4 Å². The zero-order chi connectivity index (χ0) is 27.0. The molecule has 0 radical (unpaired) electrons. The summed E-state index contributed by atoms with van der Waals surface area (Å²) in [4.78, 5) is 9.47. The molecule has 0 aromatic heterocycles. The minimum absolute atomic E-state index is 0.183. The molecule has 0 unspecified atom stereocenters. The fraction of sp³-hybridized carbons (Fsp3) is 0.552. The number of nitrogens with one attached hydrogen (secondary N) is 1. The standard InChI is InChI=1S/C29H41FN4O2S/c1-21(24-9-7-8-10-25(24)30)31-27-20-29(5,6)26(37(35,36)32-27)19-22-11-13-23(14-12-22)33-15-17-34(18-16-33)28(2,3)4/h7-14,21,26H,15-20H2,1-6H3,(H,31,32)/t21-,26+/m0/s1. The molecule has 0 amide bonds. The van der Waals surface area contributed by atoms with Gasteiger partial charge in [0.25, 0.3) is 0 Å². The van der Waals surface area contributed by atoms with Gasteiger partial charge in [0.1, 0.15) is 11.7 Å². The van der Waals surface area contributed by atoms with E-state index in [2.05, 4.69) is 64.6 Å². The van der Waals surface area contributed by atoms with Crippen LogP contribution in [0.2, 0.25) is 0 Å². The zero-order valence-corrected chi connectivity index (χ0v) is 23.8. The summed E-state index contributed by atoms with van der Waals surface area (Å²) in [7, 11) is -3.66. The van der Waals surface area contributed by atoms with Gasteiger partial charge in [-0.05, 0) is 63.3 Å². The smallest absolute Gasteiger partial charge is 0.237 e. The molecule has 0 bridgehead atoms. The maximum atomic E-state index is 14.2. The molecule has 2 saturated heterocycles. The van der Waals surface area contributed by atoms with Gasteiger partial charge >= 0.3 is 0 Å². The first-order chi connectivity index (χ1) is 17.3. The Kier molecular flexibility index (Phi) is 7.73. The highest BCUT2D eigenvalue weighted by atomic mass is 32.2. The van der Waals surface area contributed by atoms with Gasteiger partial charge in [-0.3, -0.25) is 14.6 Å². The van der Waals surface area contributed by atoms with E-state index in [1.165, 1.54) is 11.8 Å². The number of piperazine rings is 1. The SMILES string of the molecule is C[C@H](N=C1CC(C)(C)[C@@H](Cc2ccc(N3CCN(C(C)(C)C)CC3)cc2)S(=O)(=O)N1)c1ccccc1F. The summed E-state index contributed by atoms with van der Waals surface area (Å²) in [5.74, 6) is 0.0523. The van der Waals surface area contributed by atoms with Crippen LogP contribution in [0.4, 0.5) is 10.1 Å². The highest BCUT2D eigenvalue weighted by molar-refractivity contribution is 7.90. The molecular weight excluding hydrogens is 487 g/mol. The highest BCUT2D eigenvalue weighted by Crippen LogP contribution is 2.37. The Labute approximate surface area is 222 Å². The van der Waals surface area contributed by atoms with Crippen molar-refractivity contribution in [1.82, 2.24) is 9.62 Å². The lowest BCUT2D eigenvalue weighted by molar-refractivity contribution is 0.128. The molecule has 2 heterocycles. The second-order valence-corrected chi connectivity index (χ2v) is 14.0. The van der Waals surface area contributed by atoms with Crippen molar-refractivity contribution in [3.63, 3.8) is 0 Å². The maximum absolute atomic E-state index is 14.2. The van der Waals surface area contributed by atoms with Crippen LogP contribution in [0.3, 0.4) is 0 Å². The van der Waals surface area contributed by atoms with Gasteiger partial charge in [-0.15, -0.1) is 0 Å². The van der Waals surface area contributed by atoms with Gasteiger partial charge in [0, 0.05) is 49.4 Å². The number of benzene rings is 2. The van der Waals surface area contributed by atoms with Gasteiger partial charge in [0.15, 0.2) is 0 Å². The normalized spacial score (nSPS) is 24.0. The van der Waals surface area contributed by atoms with Crippen molar-refractivity contribution in [3.05, 3.63) is 65.5 Å². The second-order valence-electron chi connectivity index (χ2n) is 12.1. The van der Waals surface area contributed by atoms with Crippen LogP contribution < -0.4 is 9.62 Å². The summed E-state index contributed by atoms with van der Waals surface area (Å²) in [5.41, 5.74) is 2.29. The summed E-state index contributed by atoms with van der Waals surface area (Å²) < 4.78 is 43.6. The van der Waals surface area contributed by atoms with E-state index < -0.39 is 26.7 Å². The van der Waals surface area contributed by atoms with Crippen LogP contribution in [0.15, 0.2) is 53.5 Å². The molecule has 6 nitrogen and oxygen atoms in total. The third-order valence-corrected chi connectivity index (χ3v) is 9.86. The number of anilines is 1. The molecule has 0 spiro atoms. The molecule has 2 aromatic carbocycles. The highest BCUT2D eigenvalue weighted by Gasteiger charge is 2.45. The van der Waals surface area contributed by atoms with Gasteiger partial charge in [-0.1, -0.05) is 44.2 Å². The Morgan fingerprint density at radius 1 is 1.05 bits per heavy atom. The molecule has 4 rings (SSSR count). The predicted octanol–water partition coefficient (Wildman–Crippen LogP) is 5.17. The first-order valence-corrected chi connectivity index (χ1v) is 14.7. The van der Waals surface area contributed by atoms with Gasteiger partial charge in [-0.25, -0.2) is 12.8 Å². The van der Waals surface area contributed by atoms with Gasteiger partial charge in [0.2, 0.25) is 10.0 Å². The Bertz CT molecular complexity index is 1230. The number of halogens is 1. The predicted molar refractivity (Wildman–Crippen MR) is 150 cm³/mol. The zero-order valence-electron chi connectivity index (χ0n) is 23.0. The van der Waals surface area contributed by atoms with E-state index in [4.69, 9.17) is 0 Å². The van der Waals surface area contributed by atoms with Gasteiger partial charge in [-0.2, -0.15) is 0 Å². The molecular formula is C29H41FN4O2S. The lowest BCUT2D eigenvalue weighted by Gasteiger charge is -2.43. The fourth-order valence-corrected chi connectivity index (χ4v) is 7.44. The quantitative estimate of drug-likeness (QED) is 0.582. The lowest BCUT2D eigenvalue weighted by Crippen LogP contribution is -2.54. The molecule has 202 valence electrons. The molecule has 1 N–H and O–H groups in total. The maximum Gasteiger partial charge on any atom is 0.237 e. The Morgan fingerprint density at radius 2 is 1.68 bits per heavy atom. The van der Waals surface area contributed by atoms with Crippen molar-refractivity contribution >= 4 is 21.5 Å². The fourth-order valence-electron chi connectivity index (χ4n) is 5.50. The molecule has 2 fully saturated rings. The second kappa shape index (κ2) is 10.4. The number of rotatable bonds is 5. The molecule has 37 heavy (non-hydrogen) atoms. The van der Waals surface area contributed by atoms with Crippen molar-refractivity contribution in [3.8, 4) is 0 Å². The number of amidine groups is 1. The summed E-state index contributed by atoms with van der Waals surface area (Å²) in [6.45, 7) is 16.5. The summed E-state index contributed by atoms with van der Waals surface area (Å²) in [6.07, 6.45) is 0.905. The Morgan fingerprint density at radius 3 is 2.24 bits per heavy atom. The summed E-state index contributed by atoms with van der Waals surface area (Å²) >= 11 is 0. The van der Waals surface area contributed by atoms with E-state index >= 15 is 0 Å². The van der Waals surface area contributed by atoms with Crippen molar-refractivity contribution in [2.45, 2.75) is 71.2 Å². The number of hydrogen-bond acceptors (Lipinski definition) is 5. The van der Waals surface area contributed by atoms with E-state index in [-0.39, 0.29) is 11.4 Å². The van der Waals surface area contributed by atoms with E-state index in [0.717, 1.165) is 31.7 Å².